The number of nitrogens with zero attached hydrogens (tertiary/aromatic N) is 3. The Hall–Kier alpha value is -4.32. The highest BCUT2D eigenvalue weighted by atomic mass is 16.5. The number of aromatic nitrogens is 1. The molecule has 1 aromatic heterocycles. The molecule has 6 nitrogen and oxygen atoms in total. The summed E-state index contributed by atoms with van der Waals surface area (Å²) in [6, 6.07) is 14.8. The summed E-state index contributed by atoms with van der Waals surface area (Å²) in [5, 5.41) is 3.28. The SMILES string of the molecule is CC/C=C1\N(C)C=C(C(=O)Nc2cccc(-c3cccc(-c4cc5c(c(OC)n4)C(C)CC5)c3C)c2C)C(=C2CCC2)N1C. The number of nitrogens with one attached hydrogen (secondary N) is 1. The molecular weight excluding hydrogens is 544 g/mol. The largest absolute Gasteiger partial charge is 0.481 e. The predicted molar refractivity (Wildman–Crippen MR) is 179 cm³/mol. The Morgan fingerprint density at radius 3 is 2.43 bits per heavy atom. The summed E-state index contributed by atoms with van der Waals surface area (Å²) in [5.74, 6) is 2.24. The van der Waals surface area contributed by atoms with Crippen LogP contribution in [-0.2, 0) is 11.2 Å². The van der Waals surface area contributed by atoms with Crippen LogP contribution in [0.25, 0.3) is 22.4 Å². The number of pyridine rings is 1. The lowest BCUT2D eigenvalue weighted by atomic mass is 9.87. The topological polar surface area (TPSA) is 57.7 Å². The molecule has 6 rings (SSSR count). The van der Waals surface area contributed by atoms with E-state index in [-0.39, 0.29) is 5.91 Å². The third kappa shape index (κ3) is 5.10. The van der Waals surface area contributed by atoms with Gasteiger partial charge in [-0.15, -0.1) is 0 Å². The average Bonchev–Trinajstić information content (AvgIpc) is 3.37. The molecule has 228 valence electrons. The van der Waals surface area contributed by atoms with Crippen molar-refractivity contribution >= 4 is 11.6 Å². The maximum atomic E-state index is 14.0. The zero-order valence-corrected chi connectivity index (χ0v) is 27.2. The van der Waals surface area contributed by atoms with E-state index in [2.05, 4.69) is 86.3 Å². The minimum atomic E-state index is -0.0805. The average molecular weight is 589 g/mol. The number of ether oxygens (including phenoxy) is 1. The lowest BCUT2D eigenvalue weighted by Crippen LogP contribution is -2.37. The second-order valence-electron chi connectivity index (χ2n) is 12.4. The number of aryl methyl sites for hydroxylation is 1. The molecule has 1 unspecified atom stereocenters. The Labute approximate surface area is 262 Å². The van der Waals surface area contributed by atoms with Gasteiger partial charge >= 0.3 is 0 Å². The predicted octanol–water partition coefficient (Wildman–Crippen LogP) is 8.48. The number of carbonyl (C=O) groups excluding carboxylic acids is 1. The van der Waals surface area contributed by atoms with Crippen molar-refractivity contribution in [3.05, 3.63) is 99.7 Å². The molecule has 3 aromatic rings. The van der Waals surface area contributed by atoms with Gasteiger partial charge in [-0.05, 0) is 110 Å². The molecule has 1 aliphatic heterocycles. The molecule has 0 spiro atoms. The van der Waals surface area contributed by atoms with Gasteiger partial charge in [0.25, 0.3) is 5.91 Å². The monoisotopic (exact) mass is 588 g/mol. The quantitative estimate of drug-likeness (QED) is 0.313. The number of rotatable bonds is 6. The molecule has 2 heterocycles. The van der Waals surface area contributed by atoms with Gasteiger partial charge in [-0.3, -0.25) is 4.79 Å². The van der Waals surface area contributed by atoms with Crippen molar-refractivity contribution in [2.24, 2.45) is 0 Å². The third-order valence-electron chi connectivity index (χ3n) is 9.67. The second kappa shape index (κ2) is 12.0. The number of allylic oxidation sites excluding steroid dienone is 2. The molecule has 0 saturated heterocycles. The number of amides is 1. The van der Waals surface area contributed by atoms with Crippen LogP contribution in [0.5, 0.6) is 5.88 Å². The van der Waals surface area contributed by atoms with E-state index in [1.165, 1.54) is 23.1 Å². The van der Waals surface area contributed by atoms with Gasteiger partial charge < -0.3 is 19.9 Å². The molecule has 1 saturated carbocycles. The Bertz CT molecular complexity index is 1720. The van der Waals surface area contributed by atoms with Crippen molar-refractivity contribution in [2.75, 3.05) is 26.5 Å². The summed E-state index contributed by atoms with van der Waals surface area (Å²) in [7, 11) is 5.81. The molecule has 1 amide bonds. The number of methoxy groups -OCH3 is 1. The van der Waals surface area contributed by atoms with Gasteiger partial charge in [0.05, 0.1) is 24.1 Å². The van der Waals surface area contributed by atoms with Crippen molar-refractivity contribution < 1.29 is 9.53 Å². The van der Waals surface area contributed by atoms with Crippen LogP contribution in [0.1, 0.15) is 74.1 Å². The Morgan fingerprint density at radius 2 is 1.75 bits per heavy atom. The van der Waals surface area contributed by atoms with Crippen LogP contribution in [-0.4, -0.2) is 41.9 Å². The van der Waals surface area contributed by atoms with Gasteiger partial charge in [0.15, 0.2) is 0 Å². The fraction of sp³-hybridized carbons (Fsp3) is 0.368. The fourth-order valence-corrected chi connectivity index (χ4v) is 7.08. The number of anilines is 1. The first-order valence-electron chi connectivity index (χ1n) is 15.9. The summed E-state index contributed by atoms with van der Waals surface area (Å²) in [5.41, 5.74) is 13.0. The van der Waals surface area contributed by atoms with Crippen molar-refractivity contribution in [1.82, 2.24) is 14.8 Å². The lowest BCUT2D eigenvalue weighted by molar-refractivity contribution is -0.112. The van der Waals surface area contributed by atoms with E-state index in [9.17, 15) is 4.79 Å². The molecule has 6 heteroatoms. The van der Waals surface area contributed by atoms with Gasteiger partial charge in [-0.2, -0.15) is 0 Å². The van der Waals surface area contributed by atoms with Gasteiger partial charge in [0.2, 0.25) is 5.88 Å². The first-order valence-corrected chi connectivity index (χ1v) is 15.9. The summed E-state index contributed by atoms with van der Waals surface area (Å²) in [4.78, 5) is 23.2. The Morgan fingerprint density at radius 1 is 1.05 bits per heavy atom. The van der Waals surface area contributed by atoms with Gasteiger partial charge in [-0.25, -0.2) is 4.98 Å². The minimum absolute atomic E-state index is 0.0805. The van der Waals surface area contributed by atoms with Crippen LogP contribution < -0.4 is 10.1 Å². The van der Waals surface area contributed by atoms with E-state index in [1.54, 1.807) is 7.11 Å². The Balaban J connectivity index is 1.34. The van der Waals surface area contributed by atoms with E-state index in [0.29, 0.717) is 11.5 Å². The molecule has 1 atom stereocenters. The normalized spacial score (nSPS) is 18.8. The standard InChI is InChI=1S/C38H44N4O2/c1-8-12-34-41(5)22-31(36(42(34)6)26-13-9-14-26)37(43)39-32-18-11-16-29(25(32)4)28-15-10-17-30(24(28)3)33-21-27-20-19-23(2)35(27)38(40-33)44-7/h10-12,15-18,21-23H,8-9,13-14,19-20H2,1-7H3,(H,39,43)/b34-12+. The summed E-state index contributed by atoms with van der Waals surface area (Å²) in [6.45, 7) is 8.65. The van der Waals surface area contributed by atoms with Gasteiger partial charge in [0.1, 0.15) is 5.82 Å². The highest BCUT2D eigenvalue weighted by molar-refractivity contribution is 6.08. The molecule has 0 bridgehead atoms. The van der Waals surface area contributed by atoms with Crippen molar-refractivity contribution in [3.8, 4) is 28.3 Å². The number of hydrogen-bond donors (Lipinski definition) is 1. The van der Waals surface area contributed by atoms with E-state index < -0.39 is 0 Å². The fourth-order valence-electron chi connectivity index (χ4n) is 7.08. The smallest absolute Gasteiger partial charge is 0.259 e. The van der Waals surface area contributed by atoms with Crippen LogP contribution >= 0.6 is 0 Å². The highest BCUT2D eigenvalue weighted by Gasteiger charge is 2.32. The number of likely N-dealkylation sites (N-methyl/N-ethyl adjacent to an activating group) is 1. The number of hydrogen-bond acceptors (Lipinski definition) is 5. The molecule has 2 aliphatic carbocycles. The van der Waals surface area contributed by atoms with E-state index >= 15 is 0 Å². The maximum Gasteiger partial charge on any atom is 0.259 e. The van der Waals surface area contributed by atoms with Gasteiger partial charge in [-0.1, -0.05) is 44.2 Å². The highest BCUT2D eigenvalue weighted by Crippen LogP contribution is 2.42. The lowest BCUT2D eigenvalue weighted by Gasteiger charge is -2.39. The molecule has 1 N–H and O–H groups in total. The van der Waals surface area contributed by atoms with Crippen LogP contribution in [0.3, 0.4) is 0 Å². The van der Waals surface area contributed by atoms with E-state index in [4.69, 9.17) is 9.72 Å². The zero-order valence-electron chi connectivity index (χ0n) is 27.2. The van der Waals surface area contributed by atoms with Crippen LogP contribution in [0.15, 0.2) is 77.4 Å². The minimum Gasteiger partial charge on any atom is -0.481 e. The van der Waals surface area contributed by atoms with Crippen molar-refractivity contribution in [2.45, 2.75) is 72.1 Å². The first-order chi connectivity index (χ1) is 21.2. The van der Waals surface area contributed by atoms with Crippen molar-refractivity contribution in [1.29, 1.82) is 0 Å². The molecule has 3 aliphatic rings. The molecule has 2 aromatic carbocycles. The van der Waals surface area contributed by atoms with Gasteiger partial charge in [0, 0.05) is 37.1 Å². The maximum absolute atomic E-state index is 14.0. The Kier molecular flexibility index (Phi) is 8.10. The number of benzene rings is 2. The zero-order chi connectivity index (χ0) is 31.1. The summed E-state index contributed by atoms with van der Waals surface area (Å²) < 4.78 is 5.76. The van der Waals surface area contributed by atoms with Crippen LogP contribution in [0.4, 0.5) is 5.69 Å². The number of carbonyl (C=O) groups is 1. The van der Waals surface area contributed by atoms with Crippen molar-refractivity contribution in [3.63, 3.8) is 0 Å². The summed E-state index contributed by atoms with van der Waals surface area (Å²) >= 11 is 0. The first kappa shape index (κ1) is 29.7. The van der Waals surface area contributed by atoms with E-state index in [0.717, 1.165) is 88.7 Å². The van der Waals surface area contributed by atoms with E-state index in [1.807, 2.05) is 25.4 Å². The van der Waals surface area contributed by atoms with Crippen LogP contribution in [0.2, 0.25) is 0 Å². The third-order valence-corrected chi connectivity index (χ3v) is 9.67. The molecule has 0 radical (unpaired) electrons. The summed E-state index contributed by atoms with van der Waals surface area (Å²) in [6.07, 6.45) is 10.6. The number of fused-ring (bicyclic) bond motifs is 1. The molecule has 1 fully saturated rings. The molecule has 44 heavy (non-hydrogen) atoms. The van der Waals surface area contributed by atoms with Crippen LogP contribution in [0, 0.1) is 13.8 Å². The molecular formula is C38H44N4O2. The second-order valence-corrected chi connectivity index (χ2v) is 12.4.